The molecule has 1 heterocycles. The summed E-state index contributed by atoms with van der Waals surface area (Å²) in [5.41, 5.74) is 0.944. The number of alkyl halides is 2. The van der Waals surface area contributed by atoms with E-state index in [-0.39, 0.29) is 23.1 Å². The monoisotopic (exact) mass is 363 g/mol. The van der Waals surface area contributed by atoms with Crippen LogP contribution in [0.5, 0.6) is 11.5 Å². The molecule has 0 aromatic heterocycles. The number of nitrogens with zero attached hydrogens (tertiary/aromatic N) is 1. The molecule has 8 heteroatoms. The summed E-state index contributed by atoms with van der Waals surface area (Å²) in [6.07, 6.45) is 1.44. The molecule has 1 aliphatic rings. The van der Waals surface area contributed by atoms with Crippen molar-refractivity contribution in [3.8, 4) is 11.5 Å². The molecule has 0 radical (unpaired) electrons. The van der Waals surface area contributed by atoms with Gasteiger partial charge in [-0.2, -0.15) is 8.78 Å². The number of ether oxygens (including phenoxy) is 3. The number of carbonyl (C=O) groups is 1. The fourth-order valence-electron chi connectivity index (χ4n) is 2.24. The first-order valence-corrected chi connectivity index (χ1v) is 7.37. The van der Waals surface area contributed by atoms with Crippen LogP contribution in [0.2, 0.25) is 0 Å². The van der Waals surface area contributed by atoms with Crippen molar-refractivity contribution in [2.75, 3.05) is 7.11 Å². The van der Waals surface area contributed by atoms with Gasteiger partial charge in [0.25, 0.3) is 0 Å². The fourth-order valence-corrected chi connectivity index (χ4v) is 2.24. The van der Waals surface area contributed by atoms with E-state index in [9.17, 15) is 18.0 Å². The number of methoxy groups -OCH3 is 1. The van der Waals surface area contributed by atoms with Gasteiger partial charge >= 0.3 is 12.6 Å². The van der Waals surface area contributed by atoms with Gasteiger partial charge < -0.3 is 14.2 Å². The Morgan fingerprint density at radius 2 is 1.85 bits per heavy atom. The topological polar surface area (TPSA) is 57.1 Å². The second-order valence-corrected chi connectivity index (χ2v) is 5.13. The third-order valence-corrected chi connectivity index (χ3v) is 3.42. The van der Waals surface area contributed by atoms with E-state index in [0.717, 1.165) is 0 Å². The van der Waals surface area contributed by atoms with Gasteiger partial charge in [0.05, 0.1) is 7.11 Å². The summed E-state index contributed by atoms with van der Waals surface area (Å²) >= 11 is 0. The minimum Gasteiger partial charge on any atom is -0.493 e. The third kappa shape index (κ3) is 3.85. The molecule has 5 nitrogen and oxygen atoms in total. The maximum absolute atomic E-state index is 12.9. The Hall–Kier alpha value is -3.29. The molecule has 134 valence electrons. The van der Waals surface area contributed by atoms with Crippen LogP contribution >= 0.6 is 0 Å². The zero-order chi connectivity index (χ0) is 18.7. The Bertz CT molecular complexity index is 892. The minimum atomic E-state index is -3.00. The SMILES string of the molecule is COc1cc(C2=N/C(=C\c3ccc(F)cc3)C(=O)O2)ccc1OC(F)F. The van der Waals surface area contributed by atoms with Crippen molar-refractivity contribution in [3.05, 3.63) is 65.1 Å². The number of cyclic esters (lactones) is 1. The van der Waals surface area contributed by atoms with Crippen LogP contribution in [0.4, 0.5) is 13.2 Å². The largest absolute Gasteiger partial charge is 0.493 e. The summed E-state index contributed by atoms with van der Waals surface area (Å²) in [6, 6.07) is 9.52. The highest BCUT2D eigenvalue weighted by Crippen LogP contribution is 2.31. The van der Waals surface area contributed by atoms with E-state index in [2.05, 4.69) is 9.73 Å². The lowest BCUT2D eigenvalue weighted by Gasteiger charge is -2.10. The van der Waals surface area contributed by atoms with Gasteiger partial charge in [-0.1, -0.05) is 12.1 Å². The van der Waals surface area contributed by atoms with Gasteiger partial charge in [0.15, 0.2) is 17.2 Å². The average Bonchev–Trinajstić information content (AvgIpc) is 2.97. The first-order valence-electron chi connectivity index (χ1n) is 7.37. The smallest absolute Gasteiger partial charge is 0.387 e. The summed E-state index contributed by atoms with van der Waals surface area (Å²) in [7, 11) is 1.29. The van der Waals surface area contributed by atoms with E-state index in [1.54, 1.807) is 0 Å². The molecule has 2 aromatic carbocycles. The standard InChI is InChI=1S/C18H12F3NO4/c1-24-15-9-11(4-7-14(15)25-18(20)21)16-22-13(17(23)26-16)8-10-2-5-12(19)6-3-10/h2-9,18H,1H3/b13-8-. The van der Waals surface area contributed by atoms with Crippen molar-refractivity contribution in [2.45, 2.75) is 6.61 Å². The predicted octanol–water partition coefficient (Wildman–Crippen LogP) is 3.78. The molecule has 0 atom stereocenters. The Balaban J connectivity index is 1.90. The maximum Gasteiger partial charge on any atom is 0.387 e. The van der Waals surface area contributed by atoms with Crippen LogP contribution in [0.25, 0.3) is 6.08 Å². The molecule has 0 fully saturated rings. The first kappa shape index (κ1) is 17.5. The number of esters is 1. The lowest BCUT2D eigenvalue weighted by molar-refractivity contribution is -0.129. The van der Waals surface area contributed by atoms with Crippen molar-refractivity contribution in [1.82, 2.24) is 0 Å². The quantitative estimate of drug-likeness (QED) is 0.599. The van der Waals surface area contributed by atoms with Crippen LogP contribution in [0, 0.1) is 5.82 Å². The van der Waals surface area contributed by atoms with Crippen LogP contribution in [-0.2, 0) is 9.53 Å². The van der Waals surface area contributed by atoms with E-state index in [0.29, 0.717) is 11.1 Å². The molecule has 0 unspecified atom stereocenters. The zero-order valence-electron chi connectivity index (χ0n) is 13.4. The Kier molecular flexibility index (Phi) is 4.92. The first-order chi connectivity index (χ1) is 12.5. The Labute approximate surface area is 146 Å². The molecule has 2 aromatic rings. The summed E-state index contributed by atoms with van der Waals surface area (Å²) in [5.74, 6) is -1.21. The molecule has 0 aliphatic carbocycles. The number of halogens is 3. The second kappa shape index (κ2) is 7.30. The highest BCUT2D eigenvalue weighted by atomic mass is 19.3. The third-order valence-electron chi connectivity index (χ3n) is 3.42. The Morgan fingerprint density at radius 1 is 1.12 bits per heavy atom. The van der Waals surface area contributed by atoms with Crippen molar-refractivity contribution in [3.63, 3.8) is 0 Å². The maximum atomic E-state index is 12.9. The number of rotatable bonds is 5. The average molecular weight is 363 g/mol. The molecule has 0 N–H and O–H groups in total. The van der Waals surface area contributed by atoms with Gasteiger partial charge in [-0.25, -0.2) is 14.2 Å². The number of benzene rings is 2. The summed E-state index contributed by atoms with van der Waals surface area (Å²) in [5, 5.41) is 0. The summed E-state index contributed by atoms with van der Waals surface area (Å²) < 4.78 is 52.1. The van der Waals surface area contributed by atoms with Gasteiger partial charge in [-0.15, -0.1) is 0 Å². The van der Waals surface area contributed by atoms with Crippen molar-refractivity contribution >= 4 is 17.9 Å². The molecule has 0 saturated heterocycles. The highest BCUT2D eigenvalue weighted by molar-refractivity contribution is 6.13. The molecule has 0 amide bonds. The summed E-state index contributed by atoms with van der Waals surface area (Å²) in [6.45, 7) is -3.00. The van der Waals surface area contributed by atoms with E-state index in [4.69, 9.17) is 9.47 Å². The second-order valence-electron chi connectivity index (χ2n) is 5.13. The summed E-state index contributed by atoms with van der Waals surface area (Å²) in [4.78, 5) is 16.1. The van der Waals surface area contributed by atoms with Gasteiger partial charge in [0, 0.05) is 5.56 Å². The number of hydrogen-bond donors (Lipinski definition) is 0. The predicted molar refractivity (Wildman–Crippen MR) is 86.6 cm³/mol. The van der Waals surface area contributed by atoms with Crippen LogP contribution < -0.4 is 9.47 Å². The van der Waals surface area contributed by atoms with E-state index >= 15 is 0 Å². The van der Waals surface area contributed by atoms with Crippen LogP contribution in [0.3, 0.4) is 0 Å². The minimum absolute atomic E-state index is 0.00902. The highest BCUT2D eigenvalue weighted by Gasteiger charge is 2.25. The van der Waals surface area contributed by atoms with Gasteiger partial charge in [-0.3, -0.25) is 0 Å². The van der Waals surface area contributed by atoms with Crippen LogP contribution in [-0.4, -0.2) is 25.6 Å². The van der Waals surface area contributed by atoms with E-state index in [1.807, 2.05) is 0 Å². The normalized spacial score (nSPS) is 15.2. The van der Waals surface area contributed by atoms with Crippen molar-refractivity contribution < 1.29 is 32.2 Å². The van der Waals surface area contributed by atoms with Crippen molar-refractivity contribution in [1.29, 1.82) is 0 Å². The van der Waals surface area contributed by atoms with Gasteiger partial charge in [-0.05, 0) is 42.0 Å². The van der Waals surface area contributed by atoms with Gasteiger partial charge in [0.2, 0.25) is 5.90 Å². The van der Waals surface area contributed by atoms with Crippen LogP contribution in [0.15, 0.2) is 53.2 Å². The van der Waals surface area contributed by atoms with Gasteiger partial charge in [0.1, 0.15) is 5.82 Å². The lowest BCUT2D eigenvalue weighted by Crippen LogP contribution is -2.07. The lowest BCUT2D eigenvalue weighted by atomic mass is 10.2. The molecular formula is C18H12F3NO4. The number of aliphatic imine (C=N–C) groups is 1. The molecule has 1 aliphatic heterocycles. The van der Waals surface area contributed by atoms with Crippen LogP contribution in [0.1, 0.15) is 11.1 Å². The molecule has 0 bridgehead atoms. The molecule has 26 heavy (non-hydrogen) atoms. The molecular weight excluding hydrogens is 351 g/mol. The molecule has 0 spiro atoms. The Morgan fingerprint density at radius 3 is 2.50 bits per heavy atom. The zero-order valence-corrected chi connectivity index (χ0v) is 13.4. The van der Waals surface area contributed by atoms with Crippen molar-refractivity contribution in [2.24, 2.45) is 4.99 Å². The fraction of sp³-hybridized carbons (Fsp3) is 0.111. The number of hydrogen-bond acceptors (Lipinski definition) is 5. The number of carbonyl (C=O) groups excluding carboxylic acids is 1. The van der Waals surface area contributed by atoms with E-state index < -0.39 is 18.4 Å². The molecule has 0 saturated carbocycles. The van der Waals surface area contributed by atoms with E-state index in [1.165, 1.54) is 55.7 Å². The molecule has 3 rings (SSSR count).